The molecule has 0 spiro atoms. The average molecular weight is 350 g/mol. The molecule has 1 aromatic carbocycles. The van der Waals surface area contributed by atoms with Crippen LogP contribution < -0.4 is 10.0 Å². The van der Waals surface area contributed by atoms with E-state index < -0.39 is 10.0 Å². The second-order valence-corrected chi connectivity index (χ2v) is 9.08. The lowest BCUT2D eigenvalue weighted by Gasteiger charge is -2.19. The van der Waals surface area contributed by atoms with Crippen LogP contribution in [-0.4, -0.2) is 20.6 Å². The largest absolute Gasteiger partial charge is 0.350 e. The van der Waals surface area contributed by atoms with Gasteiger partial charge in [0, 0.05) is 12.1 Å². The summed E-state index contributed by atoms with van der Waals surface area (Å²) < 4.78 is 25.1. The van der Waals surface area contributed by atoms with Crippen LogP contribution in [0.25, 0.3) is 0 Å². The van der Waals surface area contributed by atoms with Gasteiger partial charge in [0.15, 0.2) is 0 Å². The van der Waals surface area contributed by atoms with Crippen molar-refractivity contribution in [2.45, 2.75) is 45.1 Å². The number of amides is 1. The Morgan fingerprint density at radius 1 is 1.21 bits per heavy atom. The fraction of sp³-hybridized carbons (Fsp3) is 0.611. The minimum atomic E-state index is -3.30. The third-order valence-electron chi connectivity index (χ3n) is 4.94. The number of hydrogen-bond donors (Lipinski definition) is 2. The van der Waals surface area contributed by atoms with Crippen LogP contribution in [0.4, 0.5) is 5.69 Å². The first-order valence-electron chi connectivity index (χ1n) is 8.69. The van der Waals surface area contributed by atoms with E-state index in [0.29, 0.717) is 18.0 Å². The zero-order valence-electron chi connectivity index (χ0n) is 14.3. The molecule has 0 aliphatic heterocycles. The van der Waals surface area contributed by atoms with Gasteiger partial charge in [0.05, 0.1) is 12.3 Å². The third kappa shape index (κ3) is 4.97. The van der Waals surface area contributed by atoms with E-state index in [9.17, 15) is 13.2 Å². The molecule has 0 bridgehead atoms. The Kier molecular flexibility index (Phi) is 4.85. The van der Waals surface area contributed by atoms with Crippen molar-refractivity contribution < 1.29 is 13.2 Å². The number of benzene rings is 1. The van der Waals surface area contributed by atoms with E-state index >= 15 is 0 Å². The van der Waals surface area contributed by atoms with E-state index in [-0.39, 0.29) is 11.9 Å². The highest BCUT2D eigenvalue weighted by Gasteiger charge is 2.42. The summed E-state index contributed by atoms with van der Waals surface area (Å²) >= 11 is 0. The van der Waals surface area contributed by atoms with Gasteiger partial charge in [0.2, 0.25) is 15.9 Å². The molecular weight excluding hydrogens is 324 g/mol. The van der Waals surface area contributed by atoms with E-state index in [0.717, 1.165) is 23.7 Å². The second-order valence-electron chi connectivity index (χ2n) is 7.33. The zero-order valence-corrected chi connectivity index (χ0v) is 15.1. The molecular formula is C18H26N2O3S. The second kappa shape index (κ2) is 6.75. The molecule has 0 aromatic heterocycles. The van der Waals surface area contributed by atoms with Crippen LogP contribution in [0.2, 0.25) is 0 Å². The average Bonchev–Trinajstić information content (AvgIpc) is 3.36. The number of hydrogen-bond acceptors (Lipinski definition) is 3. The molecule has 1 amide bonds. The van der Waals surface area contributed by atoms with Crippen LogP contribution in [0.15, 0.2) is 24.3 Å². The maximum Gasteiger partial charge on any atom is 0.229 e. The summed E-state index contributed by atoms with van der Waals surface area (Å²) in [7, 11) is -3.30. The Morgan fingerprint density at radius 2 is 1.83 bits per heavy atom. The van der Waals surface area contributed by atoms with Gasteiger partial charge in [-0.1, -0.05) is 12.1 Å². The molecule has 2 aliphatic carbocycles. The first kappa shape index (κ1) is 17.3. The van der Waals surface area contributed by atoms with Crippen molar-refractivity contribution in [3.63, 3.8) is 0 Å². The summed E-state index contributed by atoms with van der Waals surface area (Å²) in [6.07, 6.45) is 6.88. The highest BCUT2D eigenvalue weighted by atomic mass is 32.2. The van der Waals surface area contributed by atoms with Gasteiger partial charge in [-0.3, -0.25) is 9.52 Å². The third-order valence-corrected chi connectivity index (χ3v) is 5.55. The standard InChI is InChI=1S/C18H26N2O3S/c1-12(15-4-3-5-16(10-15)20-24(2,22)23)19-18(21)11-17(13-6-7-13)14-8-9-14/h3-5,10,12-14,17,20H,6-9,11H2,1-2H3,(H,19,21)/t12-/m1/s1. The van der Waals surface area contributed by atoms with Gasteiger partial charge in [0.25, 0.3) is 0 Å². The van der Waals surface area contributed by atoms with Crippen molar-refractivity contribution in [2.24, 2.45) is 17.8 Å². The Hall–Kier alpha value is -1.56. The van der Waals surface area contributed by atoms with Crippen molar-refractivity contribution in [3.8, 4) is 0 Å². The van der Waals surface area contributed by atoms with Gasteiger partial charge in [-0.2, -0.15) is 0 Å². The maximum absolute atomic E-state index is 12.4. The van der Waals surface area contributed by atoms with E-state index in [4.69, 9.17) is 0 Å². The molecule has 24 heavy (non-hydrogen) atoms. The molecule has 0 radical (unpaired) electrons. The molecule has 6 heteroatoms. The number of rotatable bonds is 8. The highest BCUT2D eigenvalue weighted by Crippen LogP contribution is 2.50. The lowest BCUT2D eigenvalue weighted by molar-refractivity contribution is -0.123. The first-order valence-corrected chi connectivity index (χ1v) is 10.6. The summed E-state index contributed by atoms with van der Waals surface area (Å²) in [6.45, 7) is 1.93. The van der Waals surface area contributed by atoms with Crippen LogP contribution >= 0.6 is 0 Å². The lowest BCUT2D eigenvalue weighted by atomic mass is 9.93. The summed E-state index contributed by atoms with van der Waals surface area (Å²) in [5, 5.41) is 3.07. The molecule has 0 saturated heterocycles. The zero-order chi connectivity index (χ0) is 17.3. The Balaban J connectivity index is 1.58. The van der Waals surface area contributed by atoms with E-state index in [2.05, 4.69) is 10.0 Å². The Morgan fingerprint density at radius 3 is 2.38 bits per heavy atom. The van der Waals surface area contributed by atoms with Gasteiger partial charge >= 0.3 is 0 Å². The van der Waals surface area contributed by atoms with Crippen LogP contribution in [0, 0.1) is 17.8 Å². The van der Waals surface area contributed by atoms with Crippen molar-refractivity contribution >= 4 is 21.6 Å². The molecule has 2 aliphatic rings. The number of nitrogens with one attached hydrogen (secondary N) is 2. The van der Waals surface area contributed by atoms with Gasteiger partial charge in [-0.05, 0) is 68.1 Å². The fourth-order valence-electron chi connectivity index (χ4n) is 3.45. The molecule has 2 N–H and O–H groups in total. The van der Waals surface area contributed by atoms with Crippen molar-refractivity contribution in [3.05, 3.63) is 29.8 Å². The van der Waals surface area contributed by atoms with Gasteiger partial charge in [0.1, 0.15) is 0 Å². The van der Waals surface area contributed by atoms with E-state index in [1.54, 1.807) is 18.2 Å². The van der Waals surface area contributed by atoms with E-state index in [1.807, 2.05) is 13.0 Å². The predicted octanol–water partition coefficient (Wildman–Crippen LogP) is 3.06. The van der Waals surface area contributed by atoms with Crippen molar-refractivity contribution in [1.82, 2.24) is 5.32 Å². The summed E-state index contributed by atoms with van der Waals surface area (Å²) in [4.78, 5) is 12.4. The number of anilines is 1. The monoisotopic (exact) mass is 350 g/mol. The molecule has 1 aromatic rings. The Labute approximate surface area is 144 Å². The highest BCUT2D eigenvalue weighted by molar-refractivity contribution is 7.92. The summed E-state index contributed by atoms with van der Waals surface area (Å²) in [6, 6.07) is 7.03. The van der Waals surface area contributed by atoms with Crippen LogP contribution in [-0.2, 0) is 14.8 Å². The predicted molar refractivity (Wildman–Crippen MR) is 95.0 cm³/mol. The molecule has 1 atom stereocenters. The van der Waals surface area contributed by atoms with E-state index in [1.165, 1.54) is 25.7 Å². The first-order chi connectivity index (χ1) is 11.3. The number of carbonyl (C=O) groups is 1. The molecule has 132 valence electrons. The minimum Gasteiger partial charge on any atom is -0.350 e. The molecule has 3 rings (SSSR count). The normalized spacial score (nSPS) is 19.1. The molecule has 0 heterocycles. The van der Waals surface area contributed by atoms with Crippen LogP contribution in [0.1, 0.15) is 50.6 Å². The van der Waals surface area contributed by atoms with Crippen molar-refractivity contribution in [1.29, 1.82) is 0 Å². The topological polar surface area (TPSA) is 75.3 Å². The van der Waals surface area contributed by atoms with Gasteiger partial charge in [-0.25, -0.2) is 8.42 Å². The van der Waals surface area contributed by atoms with Gasteiger partial charge in [-0.15, -0.1) is 0 Å². The van der Waals surface area contributed by atoms with Crippen LogP contribution in [0.3, 0.4) is 0 Å². The Bertz CT molecular complexity index is 697. The lowest BCUT2D eigenvalue weighted by Crippen LogP contribution is -2.29. The fourth-order valence-corrected chi connectivity index (χ4v) is 4.01. The molecule has 0 unspecified atom stereocenters. The van der Waals surface area contributed by atoms with Crippen LogP contribution in [0.5, 0.6) is 0 Å². The molecule has 5 nitrogen and oxygen atoms in total. The summed E-state index contributed by atoms with van der Waals surface area (Å²) in [5.74, 6) is 2.20. The van der Waals surface area contributed by atoms with Crippen molar-refractivity contribution in [2.75, 3.05) is 11.0 Å². The number of carbonyl (C=O) groups excluding carboxylic acids is 1. The number of sulfonamides is 1. The summed E-state index contributed by atoms with van der Waals surface area (Å²) in [5.41, 5.74) is 1.41. The minimum absolute atomic E-state index is 0.104. The maximum atomic E-state index is 12.4. The quantitative estimate of drug-likeness (QED) is 0.756. The van der Waals surface area contributed by atoms with Gasteiger partial charge < -0.3 is 5.32 Å². The molecule has 2 fully saturated rings. The smallest absolute Gasteiger partial charge is 0.229 e. The molecule has 2 saturated carbocycles. The SMILES string of the molecule is C[C@@H](NC(=O)CC(C1CC1)C1CC1)c1cccc(NS(C)(=O)=O)c1.